The van der Waals surface area contributed by atoms with E-state index in [1.165, 1.54) is 12.1 Å². The highest BCUT2D eigenvalue weighted by Crippen LogP contribution is 2.10. The zero-order valence-electron chi connectivity index (χ0n) is 12.7. The second-order valence-electron chi connectivity index (χ2n) is 5.23. The van der Waals surface area contributed by atoms with Crippen molar-refractivity contribution in [3.63, 3.8) is 0 Å². The number of benzene rings is 1. The van der Waals surface area contributed by atoms with Crippen LogP contribution >= 0.6 is 12.4 Å². The van der Waals surface area contributed by atoms with Gasteiger partial charge in [0.2, 0.25) is 15.9 Å². The Balaban J connectivity index is 0.00000264. The van der Waals surface area contributed by atoms with Gasteiger partial charge in [-0.25, -0.2) is 13.6 Å². The molecule has 7 nitrogen and oxygen atoms in total. The van der Waals surface area contributed by atoms with Crippen LogP contribution in [0.4, 0.5) is 0 Å². The predicted octanol–water partition coefficient (Wildman–Crippen LogP) is 0.141. The van der Waals surface area contributed by atoms with Gasteiger partial charge in [-0.05, 0) is 30.5 Å². The Morgan fingerprint density at radius 1 is 1.30 bits per heavy atom. The van der Waals surface area contributed by atoms with Crippen molar-refractivity contribution < 1.29 is 17.9 Å². The molecule has 1 aliphatic rings. The van der Waals surface area contributed by atoms with E-state index in [2.05, 4.69) is 10.6 Å². The number of nitrogens with one attached hydrogen (secondary N) is 2. The molecule has 130 valence electrons. The first-order valence-corrected chi connectivity index (χ1v) is 8.70. The fourth-order valence-corrected chi connectivity index (χ4v) is 2.73. The van der Waals surface area contributed by atoms with Crippen LogP contribution in [-0.2, 0) is 26.1 Å². The smallest absolute Gasteiger partial charge is 0.238 e. The van der Waals surface area contributed by atoms with Gasteiger partial charge >= 0.3 is 0 Å². The van der Waals surface area contributed by atoms with Crippen molar-refractivity contribution in [3.8, 4) is 0 Å². The van der Waals surface area contributed by atoms with Gasteiger partial charge in [0.25, 0.3) is 0 Å². The summed E-state index contributed by atoms with van der Waals surface area (Å²) in [6.45, 7) is 2.05. The van der Waals surface area contributed by atoms with Crippen LogP contribution in [0, 0.1) is 0 Å². The van der Waals surface area contributed by atoms with Gasteiger partial charge in [-0.3, -0.25) is 4.79 Å². The third-order valence-corrected chi connectivity index (χ3v) is 4.35. The molecule has 1 amide bonds. The van der Waals surface area contributed by atoms with E-state index in [-0.39, 0.29) is 35.9 Å². The van der Waals surface area contributed by atoms with Crippen molar-refractivity contribution in [3.05, 3.63) is 29.8 Å². The molecule has 9 heteroatoms. The van der Waals surface area contributed by atoms with Crippen LogP contribution in [0.2, 0.25) is 0 Å². The minimum atomic E-state index is -3.68. The highest BCUT2D eigenvalue weighted by Gasteiger charge is 2.15. The molecule has 0 aromatic heterocycles. The fourth-order valence-electron chi connectivity index (χ4n) is 2.21. The molecule has 0 radical (unpaired) electrons. The van der Waals surface area contributed by atoms with E-state index in [0.29, 0.717) is 13.1 Å². The van der Waals surface area contributed by atoms with Crippen molar-refractivity contribution in [2.45, 2.75) is 30.4 Å². The molecule has 1 aromatic carbocycles. The summed E-state index contributed by atoms with van der Waals surface area (Å²) < 4.78 is 27.7. The number of carbonyl (C=O) groups excluding carboxylic acids is 1. The van der Waals surface area contributed by atoms with Gasteiger partial charge in [-0.15, -0.1) is 12.4 Å². The molecule has 1 fully saturated rings. The lowest BCUT2D eigenvalue weighted by molar-refractivity contribution is -0.120. The number of nitrogens with two attached hydrogens (primary N) is 1. The number of hydrogen-bond acceptors (Lipinski definition) is 5. The average Bonchev–Trinajstić information content (AvgIpc) is 2.98. The van der Waals surface area contributed by atoms with E-state index in [9.17, 15) is 13.2 Å². The number of rotatable bonds is 7. The molecule has 0 aliphatic carbocycles. The summed E-state index contributed by atoms with van der Waals surface area (Å²) in [6, 6.07) is 6.10. The normalized spacial score (nSPS) is 17.5. The highest BCUT2D eigenvalue weighted by atomic mass is 35.5. The molecule has 2 rings (SSSR count). The van der Waals surface area contributed by atoms with Crippen molar-refractivity contribution in [1.29, 1.82) is 0 Å². The lowest BCUT2D eigenvalue weighted by Gasteiger charge is -2.11. The molecule has 1 heterocycles. The van der Waals surface area contributed by atoms with Crippen molar-refractivity contribution in [1.82, 2.24) is 10.6 Å². The zero-order chi connectivity index (χ0) is 16.0. The van der Waals surface area contributed by atoms with Crippen LogP contribution in [0.25, 0.3) is 0 Å². The van der Waals surface area contributed by atoms with Crippen LogP contribution < -0.4 is 15.8 Å². The number of primary sulfonamides is 1. The van der Waals surface area contributed by atoms with Gasteiger partial charge < -0.3 is 15.4 Å². The first-order valence-electron chi connectivity index (χ1n) is 7.16. The summed E-state index contributed by atoms with van der Waals surface area (Å²) in [5, 5.41) is 10.8. The second-order valence-corrected chi connectivity index (χ2v) is 6.79. The minimum absolute atomic E-state index is 0. The number of halogens is 1. The summed E-state index contributed by atoms with van der Waals surface area (Å²) in [5.74, 6) is -0.117. The second kappa shape index (κ2) is 9.19. The summed E-state index contributed by atoms with van der Waals surface area (Å²) in [5.41, 5.74) is 0.805. The topological polar surface area (TPSA) is 111 Å². The Labute approximate surface area is 142 Å². The van der Waals surface area contributed by atoms with E-state index in [4.69, 9.17) is 9.88 Å². The van der Waals surface area contributed by atoms with Gasteiger partial charge in [-0.2, -0.15) is 0 Å². The van der Waals surface area contributed by atoms with Crippen LogP contribution in [0.5, 0.6) is 0 Å². The first-order chi connectivity index (χ1) is 10.4. The van der Waals surface area contributed by atoms with Crippen LogP contribution in [-0.4, -0.2) is 40.1 Å². The van der Waals surface area contributed by atoms with Gasteiger partial charge in [0.05, 0.1) is 17.5 Å². The third kappa shape index (κ3) is 6.84. The maximum absolute atomic E-state index is 11.7. The first kappa shape index (κ1) is 19.9. The van der Waals surface area contributed by atoms with Crippen molar-refractivity contribution in [2.75, 3.05) is 19.7 Å². The highest BCUT2D eigenvalue weighted by molar-refractivity contribution is 7.89. The summed E-state index contributed by atoms with van der Waals surface area (Å²) in [7, 11) is -3.68. The van der Waals surface area contributed by atoms with Crippen LogP contribution in [0.15, 0.2) is 29.2 Å². The number of hydrogen-bond donors (Lipinski definition) is 3. The van der Waals surface area contributed by atoms with E-state index in [0.717, 1.165) is 25.0 Å². The quantitative estimate of drug-likeness (QED) is 0.638. The Hall–Kier alpha value is -1.19. The predicted molar refractivity (Wildman–Crippen MR) is 88.8 cm³/mol. The number of amides is 1. The molecule has 0 saturated carbocycles. The van der Waals surface area contributed by atoms with Crippen LogP contribution in [0.3, 0.4) is 0 Å². The molecule has 0 bridgehead atoms. The minimum Gasteiger partial charge on any atom is -0.377 e. The van der Waals surface area contributed by atoms with Crippen LogP contribution in [0.1, 0.15) is 18.4 Å². The zero-order valence-corrected chi connectivity index (χ0v) is 14.3. The van der Waals surface area contributed by atoms with Gasteiger partial charge in [0.15, 0.2) is 0 Å². The monoisotopic (exact) mass is 363 g/mol. The molecule has 1 unspecified atom stereocenters. The third-order valence-electron chi connectivity index (χ3n) is 3.42. The molecule has 1 atom stereocenters. The molecular formula is C14H22ClN3O4S. The van der Waals surface area contributed by atoms with Crippen molar-refractivity contribution in [2.24, 2.45) is 5.14 Å². The molecule has 4 N–H and O–H groups in total. The van der Waals surface area contributed by atoms with E-state index < -0.39 is 10.0 Å². The van der Waals surface area contributed by atoms with Gasteiger partial charge in [0, 0.05) is 19.7 Å². The molecule has 1 aliphatic heterocycles. The summed E-state index contributed by atoms with van der Waals surface area (Å²) in [6.07, 6.45) is 2.32. The Kier molecular flexibility index (Phi) is 7.93. The largest absolute Gasteiger partial charge is 0.377 e. The van der Waals surface area contributed by atoms with Crippen molar-refractivity contribution >= 4 is 28.3 Å². The van der Waals surface area contributed by atoms with E-state index in [1.54, 1.807) is 12.1 Å². The lowest BCUT2D eigenvalue weighted by Crippen LogP contribution is -2.36. The van der Waals surface area contributed by atoms with Gasteiger partial charge in [-0.1, -0.05) is 12.1 Å². The van der Waals surface area contributed by atoms with E-state index >= 15 is 0 Å². The lowest BCUT2D eigenvalue weighted by atomic mass is 10.2. The Morgan fingerprint density at radius 2 is 2.00 bits per heavy atom. The standard InChI is InChI=1S/C14H21N3O4S.ClH/c15-22(19,20)13-5-3-11(4-6-13)8-17-14(18)10-16-9-12-2-1-7-21-12;/h3-6,12,16H,1-2,7-10H2,(H,17,18)(H2,15,19,20);1H. The molecule has 1 aromatic rings. The SMILES string of the molecule is Cl.NS(=O)(=O)c1ccc(CNC(=O)CNCC2CCCO2)cc1. The summed E-state index contributed by atoms with van der Waals surface area (Å²) >= 11 is 0. The fraction of sp³-hybridized carbons (Fsp3) is 0.500. The Bertz CT molecular complexity index is 601. The Morgan fingerprint density at radius 3 is 2.57 bits per heavy atom. The molecular weight excluding hydrogens is 342 g/mol. The summed E-state index contributed by atoms with van der Waals surface area (Å²) in [4.78, 5) is 11.7. The average molecular weight is 364 g/mol. The maximum atomic E-state index is 11.7. The number of carbonyl (C=O) groups is 1. The number of ether oxygens (including phenoxy) is 1. The molecule has 0 spiro atoms. The van der Waals surface area contributed by atoms with E-state index in [1.807, 2.05) is 0 Å². The molecule has 23 heavy (non-hydrogen) atoms. The maximum Gasteiger partial charge on any atom is 0.238 e. The molecule has 1 saturated heterocycles. The van der Waals surface area contributed by atoms with Gasteiger partial charge in [0.1, 0.15) is 0 Å². The number of sulfonamides is 1.